The lowest BCUT2D eigenvalue weighted by molar-refractivity contribution is -0.384. The quantitative estimate of drug-likeness (QED) is 0.494. The van der Waals surface area contributed by atoms with Gasteiger partial charge in [0.05, 0.1) is 16.9 Å². The Kier molecular flexibility index (Phi) is 7.98. The predicted octanol–water partition coefficient (Wildman–Crippen LogP) is 3.24. The molecule has 0 saturated heterocycles. The van der Waals surface area contributed by atoms with Gasteiger partial charge in [0.25, 0.3) is 5.69 Å². The van der Waals surface area contributed by atoms with Crippen molar-refractivity contribution in [3.05, 3.63) is 33.9 Å². The zero-order valence-corrected chi connectivity index (χ0v) is 18.4. The monoisotopic (exact) mass is 413 g/mol. The molecule has 0 spiro atoms. The minimum Gasteiger partial charge on any atom is -0.351 e. The van der Waals surface area contributed by atoms with Crippen LogP contribution in [0.4, 0.5) is 11.4 Å². The number of amides is 1. The number of non-ortho nitro benzene ring substituents is 1. The smallest absolute Gasteiger partial charge is 0.271 e. The van der Waals surface area contributed by atoms with E-state index in [1.807, 2.05) is 27.7 Å². The van der Waals surface area contributed by atoms with E-state index in [2.05, 4.69) is 5.32 Å². The first-order valence-electron chi connectivity index (χ1n) is 9.36. The number of carbonyl (C=O) groups is 1. The molecule has 1 aromatic carbocycles. The lowest BCUT2D eigenvalue weighted by atomic mass is 9.93. The molecule has 1 rings (SSSR count). The molecule has 1 atom stereocenters. The topological polar surface area (TPSA) is 110 Å². The van der Waals surface area contributed by atoms with Gasteiger partial charge in [-0.25, -0.2) is 8.42 Å². The van der Waals surface area contributed by atoms with Gasteiger partial charge in [-0.2, -0.15) is 0 Å². The number of nitro groups is 1. The van der Waals surface area contributed by atoms with Crippen molar-refractivity contribution in [1.29, 1.82) is 0 Å². The highest BCUT2D eigenvalue weighted by Gasteiger charge is 2.34. The molecule has 0 radical (unpaired) electrons. The van der Waals surface area contributed by atoms with E-state index >= 15 is 0 Å². The minimum absolute atomic E-state index is 0.117. The Morgan fingerprint density at radius 2 is 1.75 bits per heavy atom. The molecule has 0 aliphatic carbocycles. The molecule has 158 valence electrons. The molecular formula is C19H31N3O5S. The Morgan fingerprint density at radius 3 is 2.14 bits per heavy atom. The first-order chi connectivity index (χ1) is 12.8. The fourth-order valence-electron chi connectivity index (χ4n) is 3.35. The third kappa shape index (κ3) is 5.67. The van der Waals surface area contributed by atoms with Crippen molar-refractivity contribution in [3.8, 4) is 0 Å². The van der Waals surface area contributed by atoms with Gasteiger partial charge in [0.2, 0.25) is 15.9 Å². The van der Waals surface area contributed by atoms with E-state index < -0.39 is 26.9 Å². The fraction of sp³-hybridized carbons (Fsp3) is 0.632. The van der Waals surface area contributed by atoms with Crippen molar-refractivity contribution in [2.24, 2.45) is 11.8 Å². The van der Waals surface area contributed by atoms with Gasteiger partial charge < -0.3 is 5.32 Å². The summed E-state index contributed by atoms with van der Waals surface area (Å²) in [7, 11) is -3.87. The maximum atomic E-state index is 13.0. The van der Waals surface area contributed by atoms with Crippen molar-refractivity contribution < 1.29 is 18.1 Å². The highest BCUT2D eigenvalue weighted by Crippen LogP contribution is 2.30. The van der Waals surface area contributed by atoms with E-state index in [0.717, 1.165) is 10.6 Å². The average Bonchev–Trinajstić information content (AvgIpc) is 2.56. The number of hydrogen-bond donors (Lipinski definition) is 1. The lowest BCUT2D eigenvalue weighted by Crippen LogP contribution is -2.53. The molecule has 1 N–H and O–H groups in total. The second-order valence-electron chi connectivity index (χ2n) is 7.73. The number of rotatable bonds is 9. The standard InChI is InChI=1S/C19H31N3O5S/c1-8-16(19(23)20-18(12(2)3)13(4)5)21(28(7,26)27)17-11-15(22(24)25)10-9-14(17)6/h9-13,16,18H,8H2,1-7H3,(H,20,23)/t16-/m1/s1. The second-order valence-corrected chi connectivity index (χ2v) is 9.59. The van der Waals surface area contributed by atoms with Crippen LogP contribution in [0.5, 0.6) is 0 Å². The van der Waals surface area contributed by atoms with Crippen LogP contribution in [0.1, 0.15) is 46.6 Å². The summed E-state index contributed by atoms with van der Waals surface area (Å²) in [5.74, 6) is -0.0633. The summed E-state index contributed by atoms with van der Waals surface area (Å²) >= 11 is 0. The molecule has 1 amide bonds. The van der Waals surface area contributed by atoms with Crippen LogP contribution in [0.2, 0.25) is 0 Å². The van der Waals surface area contributed by atoms with Crippen molar-refractivity contribution in [2.75, 3.05) is 10.6 Å². The Morgan fingerprint density at radius 1 is 1.21 bits per heavy atom. The van der Waals surface area contributed by atoms with Crippen LogP contribution in [0.3, 0.4) is 0 Å². The van der Waals surface area contributed by atoms with Crippen molar-refractivity contribution in [2.45, 2.75) is 60.0 Å². The number of benzene rings is 1. The van der Waals surface area contributed by atoms with Crippen molar-refractivity contribution in [1.82, 2.24) is 5.32 Å². The fourth-order valence-corrected chi connectivity index (χ4v) is 4.61. The van der Waals surface area contributed by atoms with E-state index in [9.17, 15) is 23.3 Å². The number of nitrogens with zero attached hydrogens (tertiary/aromatic N) is 2. The van der Waals surface area contributed by atoms with E-state index in [4.69, 9.17) is 0 Å². The van der Waals surface area contributed by atoms with Gasteiger partial charge in [-0.1, -0.05) is 40.7 Å². The number of carbonyl (C=O) groups excluding carboxylic acids is 1. The maximum absolute atomic E-state index is 13.0. The molecule has 0 fully saturated rings. The highest BCUT2D eigenvalue weighted by molar-refractivity contribution is 7.92. The molecule has 0 aromatic heterocycles. The predicted molar refractivity (Wildman–Crippen MR) is 111 cm³/mol. The minimum atomic E-state index is -3.87. The first-order valence-corrected chi connectivity index (χ1v) is 11.2. The molecule has 0 heterocycles. The van der Waals surface area contributed by atoms with Crippen LogP contribution in [-0.2, 0) is 14.8 Å². The van der Waals surface area contributed by atoms with Gasteiger partial charge in [-0.05, 0) is 30.7 Å². The van der Waals surface area contributed by atoms with Crippen LogP contribution >= 0.6 is 0 Å². The molecule has 0 unspecified atom stereocenters. The normalized spacial score (nSPS) is 13.1. The number of nitrogens with one attached hydrogen (secondary N) is 1. The van der Waals surface area contributed by atoms with Crippen molar-refractivity contribution in [3.63, 3.8) is 0 Å². The molecule has 1 aromatic rings. The molecule has 9 heteroatoms. The summed E-state index contributed by atoms with van der Waals surface area (Å²) in [6, 6.07) is 2.88. The number of aryl methyl sites for hydroxylation is 1. The van der Waals surface area contributed by atoms with Gasteiger partial charge in [0.1, 0.15) is 6.04 Å². The number of sulfonamides is 1. The Bertz CT molecular complexity index is 813. The van der Waals surface area contributed by atoms with Gasteiger partial charge in [0, 0.05) is 18.2 Å². The summed E-state index contributed by atoms with van der Waals surface area (Å²) in [4.78, 5) is 23.6. The zero-order chi connectivity index (χ0) is 21.8. The zero-order valence-electron chi connectivity index (χ0n) is 17.6. The lowest BCUT2D eigenvalue weighted by Gasteiger charge is -2.34. The molecule has 0 bridgehead atoms. The summed E-state index contributed by atoms with van der Waals surface area (Å²) < 4.78 is 26.2. The van der Waals surface area contributed by atoms with Crippen LogP contribution in [0.15, 0.2) is 18.2 Å². The summed E-state index contributed by atoms with van der Waals surface area (Å²) in [5.41, 5.74) is 0.447. The third-order valence-corrected chi connectivity index (χ3v) is 5.88. The van der Waals surface area contributed by atoms with E-state index in [1.54, 1.807) is 13.8 Å². The molecule has 28 heavy (non-hydrogen) atoms. The van der Waals surface area contributed by atoms with E-state index in [1.165, 1.54) is 18.2 Å². The number of nitro benzene ring substituents is 1. The summed E-state index contributed by atoms with van der Waals surface area (Å²) in [5, 5.41) is 14.1. The van der Waals surface area contributed by atoms with Gasteiger partial charge >= 0.3 is 0 Å². The third-order valence-electron chi connectivity index (χ3n) is 4.72. The number of anilines is 1. The summed E-state index contributed by atoms with van der Waals surface area (Å²) in [6.07, 6.45) is 1.23. The Labute approximate surface area is 167 Å². The van der Waals surface area contributed by atoms with E-state index in [-0.39, 0.29) is 35.7 Å². The Balaban J connectivity index is 3.45. The number of hydrogen-bond acceptors (Lipinski definition) is 5. The van der Waals surface area contributed by atoms with Crippen molar-refractivity contribution >= 4 is 27.3 Å². The second kappa shape index (κ2) is 9.36. The average molecular weight is 414 g/mol. The van der Waals surface area contributed by atoms with Gasteiger partial charge in [0.15, 0.2) is 0 Å². The molecule has 0 aliphatic heterocycles. The highest BCUT2D eigenvalue weighted by atomic mass is 32.2. The largest absolute Gasteiger partial charge is 0.351 e. The summed E-state index contributed by atoms with van der Waals surface area (Å²) in [6.45, 7) is 11.3. The Hall–Kier alpha value is -2.16. The van der Waals surface area contributed by atoms with Gasteiger partial charge in [-0.3, -0.25) is 19.2 Å². The maximum Gasteiger partial charge on any atom is 0.271 e. The molecular weight excluding hydrogens is 382 g/mol. The van der Waals surface area contributed by atoms with Gasteiger partial charge in [-0.15, -0.1) is 0 Å². The SMILES string of the molecule is CC[C@H](C(=O)NC(C(C)C)C(C)C)N(c1cc([N+](=O)[O-])ccc1C)S(C)(=O)=O. The van der Waals surface area contributed by atoms with Crippen LogP contribution in [0, 0.1) is 28.9 Å². The van der Waals surface area contributed by atoms with Crippen LogP contribution < -0.4 is 9.62 Å². The van der Waals surface area contributed by atoms with E-state index in [0.29, 0.717) is 5.56 Å². The molecule has 0 saturated carbocycles. The van der Waals surface area contributed by atoms with Crippen LogP contribution in [-0.4, -0.2) is 37.6 Å². The van der Waals surface area contributed by atoms with Crippen LogP contribution in [0.25, 0.3) is 0 Å². The molecule has 0 aliphatic rings. The first kappa shape index (κ1) is 23.9. The molecule has 8 nitrogen and oxygen atoms in total.